The number of carbonyl (C=O) groups excluding carboxylic acids is 1. The molecule has 0 aromatic heterocycles. The summed E-state index contributed by atoms with van der Waals surface area (Å²) >= 11 is 0. The Labute approximate surface area is 135 Å². The minimum atomic E-state index is -0.0608. The number of likely N-dealkylation sites (tertiary alicyclic amines) is 1. The van der Waals surface area contributed by atoms with Crippen LogP contribution >= 0.6 is 0 Å². The molecule has 0 radical (unpaired) electrons. The Kier molecular flexibility index (Phi) is 7.46. The molecule has 2 saturated heterocycles. The minimum Gasteiger partial charge on any atom is -0.376 e. The lowest BCUT2D eigenvalue weighted by molar-refractivity contribution is 0.0860. The first kappa shape index (κ1) is 17.5. The first-order valence-corrected chi connectivity index (χ1v) is 9.07. The summed E-state index contributed by atoms with van der Waals surface area (Å²) in [6.07, 6.45) is 8.60. The molecule has 128 valence electrons. The molecular formula is C17H33N3O2. The molecule has 0 saturated carbocycles. The fourth-order valence-corrected chi connectivity index (χ4v) is 3.48. The van der Waals surface area contributed by atoms with Crippen LogP contribution in [0.4, 0.5) is 4.79 Å². The van der Waals surface area contributed by atoms with Gasteiger partial charge in [0.2, 0.25) is 0 Å². The number of nitrogens with one attached hydrogen (secondary N) is 2. The summed E-state index contributed by atoms with van der Waals surface area (Å²) in [4.78, 5) is 14.4. The van der Waals surface area contributed by atoms with Crippen LogP contribution in [0, 0.1) is 0 Å². The third-order valence-electron chi connectivity index (χ3n) is 4.98. The van der Waals surface area contributed by atoms with Crippen LogP contribution in [0.3, 0.4) is 0 Å². The number of hydrogen-bond donors (Lipinski definition) is 2. The van der Waals surface area contributed by atoms with E-state index in [1.807, 2.05) is 6.92 Å². The maximum atomic E-state index is 11.8. The molecule has 0 bridgehead atoms. The Morgan fingerprint density at radius 3 is 2.86 bits per heavy atom. The first-order chi connectivity index (χ1) is 10.7. The minimum absolute atomic E-state index is 0.0608. The van der Waals surface area contributed by atoms with Gasteiger partial charge in [-0.25, -0.2) is 4.79 Å². The molecule has 2 aliphatic heterocycles. The smallest absolute Gasteiger partial charge is 0.315 e. The van der Waals surface area contributed by atoms with E-state index in [4.69, 9.17) is 4.74 Å². The van der Waals surface area contributed by atoms with Gasteiger partial charge in [-0.3, -0.25) is 0 Å². The molecule has 5 heteroatoms. The number of amides is 2. The van der Waals surface area contributed by atoms with Crippen LogP contribution in [0.15, 0.2) is 0 Å². The van der Waals surface area contributed by atoms with Crippen LogP contribution in [0.5, 0.6) is 0 Å². The fraction of sp³-hybridized carbons (Fsp3) is 0.941. The number of nitrogens with zero attached hydrogens (tertiary/aromatic N) is 1. The van der Waals surface area contributed by atoms with Crippen molar-refractivity contribution >= 4 is 6.03 Å². The summed E-state index contributed by atoms with van der Waals surface area (Å²) in [6, 6.07) is 0.767. The second kappa shape index (κ2) is 9.36. The molecule has 0 aliphatic carbocycles. The average molecular weight is 311 g/mol. The van der Waals surface area contributed by atoms with Crippen molar-refractivity contribution in [3.8, 4) is 0 Å². The van der Waals surface area contributed by atoms with E-state index in [2.05, 4.69) is 22.5 Å². The molecule has 2 fully saturated rings. The van der Waals surface area contributed by atoms with Crippen molar-refractivity contribution in [1.29, 1.82) is 0 Å². The van der Waals surface area contributed by atoms with Crippen LogP contribution < -0.4 is 10.6 Å². The molecular weight excluding hydrogens is 278 g/mol. The Morgan fingerprint density at radius 1 is 1.27 bits per heavy atom. The number of urea groups is 1. The molecule has 0 aromatic rings. The fourth-order valence-electron chi connectivity index (χ4n) is 3.48. The molecule has 5 nitrogen and oxygen atoms in total. The number of carbonyl (C=O) groups is 1. The van der Waals surface area contributed by atoms with E-state index in [0.717, 1.165) is 51.4 Å². The molecule has 0 aromatic carbocycles. The Hall–Kier alpha value is -0.810. The lowest BCUT2D eigenvalue weighted by Gasteiger charge is -2.33. The second-order valence-electron chi connectivity index (χ2n) is 6.83. The third kappa shape index (κ3) is 5.76. The van der Waals surface area contributed by atoms with Crippen LogP contribution in [-0.2, 0) is 4.74 Å². The van der Waals surface area contributed by atoms with Gasteiger partial charge in [0.1, 0.15) is 0 Å². The summed E-state index contributed by atoms with van der Waals surface area (Å²) < 4.78 is 5.59. The van der Waals surface area contributed by atoms with Crippen molar-refractivity contribution in [2.75, 3.05) is 26.2 Å². The van der Waals surface area contributed by atoms with Crippen molar-refractivity contribution in [3.05, 3.63) is 0 Å². The van der Waals surface area contributed by atoms with E-state index < -0.39 is 0 Å². The van der Waals surface area contributed by atoms with Crippen LogP contribution in [0.25, 0.3) is 0 Å². The highest BCUT2D eigenvalue weighted by molar-refractivity contribution is 5.74. The van der Waals surface area contributed by atoms with Crippen molar-refractivity contribution in [3.63, 3.8) is 0 Å². The highest BCUT2D eigenvalue weighted by atomic mass is 16.5. The van der Waals surface area contributed by atoms with Crippen molar-refractivity contribution < 1.29 is 9.53 Å². The topological polar surface area (TPSA) is 53.6 Å². The summed E-state index contributed by atoms with van der Waals surface area (Å²) in [5, 5.41) is 5.95. The Balaban J connectivity index is 1.49. The zero-order valence-corrected chi connectivity index (χ0v) is 14.3. The number of rotatable bonds is 7. The summed E-state index contributed by atoms with van der Waals surface area (Å²) in [5.74, 6) is 0. The van der Waals surface area contributed by atoms with E-state index in [1.165, 1.54) is 25.8 Å². The van der Waals surface area contributed by atoms with E-state index in [0.29, 0.717) is 0 Å². The second-order valence-corrected chi connectivity index (χ2v) is 6.83. The monoisotopic (exact) mass is 311 g/mol. The largest absolute Gasteiger partial charge is 0.376 e. The standard InChI is InChI=1S/C17H33N3O2/c1-14-8-3-5-11-20(14)12-6-4-10-18-17(21)19-15(2)16-9-7-13-22-16/h14-16H,3-13H2,1-2H3,(H2,18,19,21). The van der Waals surface area contributed by atoms with E-state index in [9.17, 15) is 4.79 Å². The highest BCUT2D eigenvalue weighted by Crippen LogP contribution is 2.17. The Morgan fingerprint density at radius 2 is 2.14 bits per heavy atom. The van der Waals surface area contributed by atoms with Crippen LogP contribution in [-0.4, -0.2) is 55.4 Å². The lowest BCUT2D eigenvalue weighted by atomic mass is 10.0. The molecule has 2 aliphatic rings. The highest BCUT2D eigenvalue weighted by Gasteiger charge is 2.23. The summed E-state index contributed by atoms with van der Waals surface area (Å²) in [5.41, 5.74) is 0. The maximum Gasteiger partial charge on any atom is 0.315 e. The van der Waals surface area contributed by atoms with Gasteiger partial charge in [-0.15, -0.1) is 0 Å². The average Bonchev–Trinajstić information content (AvgIpc) is 3.03. The van der Waals surface area contributed by atoms with Gasteiger partial charge in [0.15, 0.2) is 0 Å². The molecule has 22 heavy (non-hydrogen) atoms. The number of unbranched alkanes of at least 4 members (excludes halogenated alkanes) is 1. The molecule has 2 heterocycles. The van der Waals surface area contributed by atoms with E-state index >= 15 is 0 Å². The van der Waals surface area contributed by atoms with Gasteiger partial charge in [0.05, 0.1) is 12.1 Å². The van der Waals surface area contributed by atoms with Crippen molar-refractivity contribution in [2.45, 2.75) is 77.0 Å². The van der Waals surface area contributed by atoms with E-state index in [1.54, 1.807) is 0 Å². The Bertz CT molecular complexity index is 332. The van der Waals surface area contributed by atoms with Crippen LogP contribution in [0.2, 0.25) is 0 Å². The molecule has 2 rings (SSSR count). The predicted molar refractivity (Wildman–Crippen MR) is 89.1 cm³/mol. The summed E-state index contributed by atoms with van der Waals surface area (Å²) in [7, 11) is 0. The van der Waals surface area contributed by atoms with Gasteiger partial charge in [-0.1, -0.05) is 6.42 Å². The number of hydrogen-bond acceptors (Lipinski definition) is 3. The zero-order valence-electron chi connectivity index (χ0n) is 14.3. The normalized spacial score (nSPS) is 27.5. The van der Waals surface area contributed by atoms with E-state index in [-0.39, 0.29) is 18.2 Å². The van der Waals surface area contributed by atoms with Gasteiger partial charge in [-0.2, -0.15) is 0 Å². The quantitative estimate of drug-likeness (QED) is 0.710. The van der Waals surface area contributed by atoms with Gasteiger partial charge < -0.3 is 20.3 Å². The molecule has 2 amide bonds. The zero-order chi connectivity index (χ0) is 15.8. The molecule has 3 atom stereocenters. The van der Waals surface area contributed by atoms with Crippen LogP contribution in [0.1, 0.15) is 58.8 Å². The van der Waals surface area contributed by atoms with Gasteiger partial charge in [-0.05, 0) is 65.5 Å². The number of piperidine rings is 1. The first-order valence-electron chi connectivity index (χ1n) is 9.07. The van der Waals surface area contributed by atoms with Crippen molar-refractivity contribution in [2.24, 2.45) is 0 Å². The van der Waals surface area contributed by atoms with Gasteiger partial charge in [0, 0.05) is 19.2 Å². The molecule has 3 unspecified atom stereocenters. The lowest BCUT2D eigenvalue weighted by Crippen LogP contribution is -2.46. The predicted octanol–water partition coefficient (Wildman–Crippen LogP) is 2.51. The molecule has 0 spiro atoms. The third-order valence-corrected chi connectivity index (χ3v) is 4.98. The van der Waals surface area contributed by atoms with Gasteiger partial charge in [0.25, 0.3) is 0 Å². The maximum absolute atomic E-state index is 11.8. The summed E-state index contributed by atoms with van der Waals surface area (Å²) in [6.45, 7) is 8.34. The molecule has 2 N–H and O–H groups in total. The number of ether oxygens (including phenoxy) is 1. The van der Waals surface area contributed by atoms with Gasteiger partial charge >= 0.3 is 6.03 Å². The SMILES string of the molecule is CC(NC(=O)NCCCCN1CCCCC1C)C1CCCO1. The van der Waals surface area contributed by atoms with Crippen molar-refractivity contribution in [1.82, 2.24) is 15.5 Å².